The Bertz CT molecular complexity index is 710. The first-order valence-corrected chi connectivity index (χ1v) is 8.25. The quantitative estimate of drug-likeness (QED) is 0.432. The average Bonchev–Trinajstić information content (AvgIpc) is 2.53. The van der Waals surface area contributed by atoms with Crippen molar-refractivity contribution in [2.24, 2.45) is 11.8 Å². The van der Waals surface area contributed by atoms with Crippen LogP contribution in [0.25, 0.3) is 6.08 Å². The fourth-order valence-electron chi connectivity index (χ4n) is 2.27. The highest BCUT2D eigenvalue weighted by Crippen LogP contribution is 2.18. The molecule has 5 heteroatoms. The molecule has 0 spiro atoms. The van der Waals surface area contributed by atoms with E-state index in [1.165, 1.54) is 19.1 Å². The molecule has 5 nitrogen and oxygen atoms in total. The Kier molecular flexibility index (Phi) is 6.28. The van der Waals surface area contributed by atoms with Gasteiger partial charge in [0, 0.05) is 6.08 Å². The van der Waals surface area contributed by atoms with Gasteiger partial charge in [-0.15, -0.1) is 0 Å². The second-order valence-electron chi connectivity index (χ2n) is 6.35. The summed E-state index contributed by atoms with van der Waals surface area (Å²) in [5.74, 6) is -1.81. The highest BCUT2D eigenvalue weighted by atomic mass is 16.5. The fraction of sp³-hybridized carbons (Fsp3) is 0.350. The number of allylic oxidation sites excluding steroid dienone is 3. The molecule has 0 amide bonds. The first-order chi connectivity index (χ1) is 11.9. The van der Waals surface area contributed by atoms with Crippen LogP contribution in [0.5, 0.6) is 5.75 Å². The van der Waals surface area contributed by atoms with Crippen LogP contribution in [0.2, 0.25) is 0 Å². The van der Waals surface area contributed by atoms with Gasteiger partial charge in [0.2, 0.25) is 0 Å². The number of hydrogen-bond acceptors (Lipinski definition) is 5. The summed E-state index contributed by atoms with van der Waals surface area (Å²) < 4.78 is 10.5. The minimum absolute atomic E-state index is 0.205. The molecule has 0 radical (unpaired) electrons. The van der Waals surface area contributed by atoms with Crippen molar-refractivity contribution in [1.29, 1.82) is 0 Å². The Hall–Kier alpha value is -2.69. The maximum Gasteiger partial charge on any atom is 0.329 e. The van der Waals surface area contributed by atoms with Gasteiger partial charge < -0.3 is 9.47 Å². The zero-order valence-corrected chi connectivity index (χ0v) is 14.7. The largest absolute Gasteiger partial charge is 0.494 e. The van der Waals surface area contributed by atoms with Crippen molar-refractivity contribution < 1.29 is 23.9 Å². The predicted molar refractivity (Wildman–Crippen MR) is 93.8 cm³/mol. The zero-order chi connectivity index (χ0) is 18.4. The predicted octanol–water partition coefficient (Wildman–Crippen LogP) is 3.34. The van der Waals surface area contributed by atoms with E-state index in [0.29, 0.717) is 12.5 Å². The van der Waals surface area contributed by atoms with Gasteiger partial charge in [-0.25, -0.2) is 0 Å². The molecule has 2 rings (SSSR count). The highest BCUT2D eigenvalue weighted by Gasteiger charge is 2.36. The van der Waals surface area contributed by atoms with E-state index in [2.05, 4.69) is 13.8 Å². The number of carbonyl (C=O) groups excluding carboxylic acids is 3. The van der Waals surface area contributed by atoms with Gasteiger partial charge in [0.1, 0.15) is 11.5 Å². The number of esters is 1. The lowest BCUT2D eigenvalue weighted by Crippen LogP contribution is -2.34. The maximum absolute atomic E-state index is 12.1. The summed E-state index contributed by atoms with van der Waals surface area (Å²) in [6.45, 7) is 6.43. The third kappa shape index (κ3) is 5.41. The average molecular weight is 342 g/mol. The van der Waals surface area contributed by atoms with Gasteiger partial charge in [-0.05, 0) is 43.0 Å². The van der Waals surface area contributed by atoms with Crippen LogP contribution < -0.4 is 4.74 Å². The Morgan fingerprint density at radius 1 is 1.24 bits per heavy atom. The molecule has 1 heterocycles. The van der Waals surface area contributed by atoms with Crippen LogP contribution in [0.15, 0.2) is 42.2 Å². The number of carbonyl (C=O) groups is 3. The van der Waals surface area contributed by atoms with Crippen LogP contribution in [-0.2, 0) is 19.1 Å². The van der Waals surface area contributed by atoms with Gasteiger partial charge in [-0.2, -0.15) is 0 Å². The second-order valence-corrected chi connectivity index (χ2v) is 6.35. The third-order valence-electron chi connectivity index (χ3n) is 3.70. The van der Waals surface area contributed by atoms with Crippen molar-refractivity contribution >= 4 is 23.6 Å². The molecular weight excluding hydrogens is 320 g/mol. The van der Waals surface area contributed by atoms with Crippen LogP contribution in [0.3, 0.4) is 0 Å². The van der Waals surface area contributed by atoms with Gasteiger partial charge >= 0.3 is 5.97 Å². The molecule has 1 aromatic rings. The van der Waals surface area contributed by atoms with Crippen LogP contribution in [-0.4, -0.2) is 24.1 Å². The summed E-state index contributed by atoms with van der Waals surface area (Å²) in [7, 11) is 0. The molecular formula is C20H22O5. The van der Waals surface area contributed by atoms with Gasteiger partial charge in [0.25, 0.3) is 0 Å². The van der Waals surface area contributed by atoms with Crippen LogP contribution in [0.4, 0.5) is 0 Å². The van der Waals surface area contributed by atoms with Crippen LogP contribution in [0.1, 0.15) is 32.8 Å². The van der Waals surface area contributed by atoms with E-state index >= 15 is 0 Å². The molecule has 0 fully saturated rings. The van der Waals surface area contributed by atoms with Crippen molar-refractivity contribution in [3.8, 4) is 5.75 Å². The third-order valence-corrected chi connectivity index (χ3v) is 3.70. The van der Waals surface area contributed by atoms with Gasteiger partial charge in [0.15, 0.2) is 17.5 Å². The number of ether oxygens (including phenoxy) is 2. The maximum atomic E-state index is 12.1. The zero-order valence-electron chi connectivity index (χ0n) is 14.7. The SMILES string of the molecule is CC1=CC(=O)[C@@H](C(=O)/C=C/c2ccc(OCCC(C)C)cc2)C(=O)O1. The fourth-order valence-corrected chi connectivity index (χ4v) is 2.27. The molecule has 1 aromatic carbocycles. The molecule has 1 aliphatic heterocycles. The molecule has 0 N–H and O–H groups in total. The lowest BCUT2D eigenvalue weighted by atomic mass is 9.96. The summed E-state index contributed by atoms with van der Waals surface area (Å²) in [5.41, 5.74) is 0.771. The molecule has 0 aliphatic carbocycles. The van der Waals surface area contributed by atoms with E-state index < -0.39 is 23.5 Å². The lowest BCUT2D eigenvalue weighted by molar-refractivity contribution is -0.151. The molecule has 132 valence electrons. The summed E-state index contributed by atoms with van der Waals surface area (Å²) in [4.78, 5) is 35.6. The summed E-state index contributed by atoms with van der Waals surface area (Å²) in [6, 6.07) is 7.24. The monoisotopic (exact) mass is 342 g/mol. The normalized spacial score (nSPS) is 17.6. The van der Waals surface area contributed by atoms with E-state index in [-0.39, 0.29) is 5.76 Å². The van der Waals surface area contributed by atoms with E-state index in [9.17, 15) is 14.4 Å². The molecule has 0 unspecified atom stereocenters. The van der Waals surface area contributed by atoms with Gasteiger partial charge in [-0.3, -0.25) is 14.4 Å². The summed E-state index contributed by atoms with van der Waals surface area (Å²) in [6.07, 6.45) is 4.94. The molecule has 1 aliphatic rings. The van der Waals surface area contributed by atoms with E-state index in [4.69, 9.17) is 9.47 Å². The Morgan fingerprint density at radius 3 is 2.52 bits per heavy atom. The smallest absolute Gasteiger partial charge is 0.329 e. The topological polar surface area (TPSA) is 69.7 Å². The molecule has 0 bridgehead atoms. The standard InChI is InChI=1S/C20H22O5/c1-13(2)10-11-24-16-7-4-15(5-8-16)6-9-17(21)19-18(22)12-14(3)25-20(19)23/h4-9,12-13,19H,10-11H2,1-3H3/b9-6+/t19-/m1/s1. The highest BCUT2D eigenvalue weighted by molar-refractivity contribution is 6.25. The first-order valence-electron chi connectivity index (χ1n) is 8.25. The summed E-state index contributed by atoms with van der Waals surface area (Å²) >= 11 is 0. The number of rotatable bonds is 7. The van der Waals surface area contributed by atoms with Crippen molar-refractivity contribution in [2.75, 3.05) is 6.61 Å². The lowest BCUT2D eigenvalue weighted by Gasteiger charge is -2.15. The van der Waals surface area contributed by atoms with Crippen LogP contribution in [0, 0.1) is 11.8 Å². The van der Waals surface area contributed by atoms with Crippen molar-refractivity contribution in [1.82, 2.24) is 0 Å². The Labute approximate surface area is 147 Å². The molecule has 0 aromatic heterocycles. The van der Waals surface area contributed by atoms with E-state index in [0.717, 1.165) is 17.7 Å². The van der Waals surface area contributed by atoms with Crippen LogP contribution >= 0.6 is 0 Å². The molecule has 25 heavy (non-hydrogen) atoms. The molecule has 0 saturated heterocycles. The number of benzene rings is 1. The number of ketones is 2. The van der Waals surface area contributed by atoms with Crippen molar-refractivity contribution in [2.45, 2.75) is 27.2 Å². The van der Waals surface area contributed by atoms with Crippen molar-refractivity contribution in [3.05, 3.63) is 47.7 Å². The Balaban J connectivity index is 1.96. The van der Waals surface area contributed by atoms with E-state index in [1.54, 1.807) is 18.2 Å². The second kappa shape index (κ2) is 8.42. The van der Waals surface area contributed by atoms with E-state index in [1.807, 2.05) is 12.1 Å². The van der Waals surface area contributed by atoms with Crippen molar-refractivity contribution in [3.63, 3.8) is 0 Å². The molecule has 0 saturated carbocycles. The van der Waals surface area contributed by atoms with Gasteiger partial charge in [0.05, 0.1) is 6.61 Å². The Morgan fingerprint density at radius 2 is 1.92 bits per heavy atom. The van der Waals surface area contributed by atoms with Gasteiger partial charge in [-0.1, -0.05) is 32.1 Å². The minimum Gasteiger partial charge on any atom is -0.494 e. The number of cyclic esters (lactones) is 1. The summed E-state index contributed by atoms with van der Waals surface area (Å²) in [5, 5.41) is 0. The first kappa shape index (κ1) is 18.6. The molecule has 1 atom stereocenters. The minimum atomic E-state index is -1.40. The number of hydrogen-bond donors (Lipinski definition) is 0.